The largest absolute Gasteiger partial charge is 0.472 e. The number of hydrogen-bond acceptors (Lipinski definition) is 16. The SMILES string of the molecule is CCC/C=C\C/C=C\CCCCCCCC(=O)O[C@@H]1COC(=O)CCCCCC[C@H]2C(=O)C[C@@H](O)[C@H](/C=C/[C@@H](O)CCCCC)[C@@H](O)[C@@H](OP(=O)(O)O)[C@@H](OP(=O)(O)OC1)[C@H](O)[C@@H](O)[C@@H]2O. The van der Waals surface area contributed by atoms with Crippen LogP contribution in [0.2, 0.25) is 0 Å². The minimum absolute atomic E-state index is 0.0454. The predicted octanol–water partition coefficient (Wildman–Crippen LogP) is 5.32. The van der Waals surface area contributed by atoms with Gasteiger partial charge >= 0.3 is 27.6 Å². The number of aliphatic hydroxyl groups excluding tert-OH is 6. The number of Topliss-reactive ketones (excluding diaryl/α,β-unsaturated/α-hetero) is 1. The second-order valence-corrected chi connectivity index (χ2v) is 19.8. The Bertz CT molecular complexity index is 1580. The minimum Gasteiger partial charge on any atom is -0.462 e. The average molecular weight is 985 g/mol. The van der Waals surface area contributed by atoms with Gasteiger partial charge in [-0.3, -0.25) is 28.0 Å². The third-order valence-electron chi connectivity index (χ3n) is 11.6. The molecule has 1 saturated heterocycles. The molecule has 0 spiro atoms. The highest BCUT2D eigenvalue weighted by Gasteiger charge is 2.51. The molecule has 0 radical (unpaired) electrons. The van der Waals surface area contributed by atoms with E-state index >= 15 is 0 Å². The number of aliphatic hydroxyl groups is 6. The van der Waals surface area contributed by atoms with E-state index in [2.05, 4.69) is 31.2 Å². The van der Waals surface area contributed by atoms with Crippen LogP contribution in [0.15, 0.2) is 36.5 Å². The molecule has 2 fully saturated rings. The van der Waals surface area contributed by atoms with Gasteiger partial charge in [-0.1, -0.05) is 115 Å². The van der Waals surface area contributed by atoms with Crippen LogP contribution in [0.4, 0.5) is 0 Å². The molecule has 1 aliphatic carbocycles. The molecule has 0 aromatic rings. The number of rotatable bonds is 21. The van der Waals surface area contributed by atoms with Crippen molar-refractivity contribution in [2.45, 2.75) is 204 Å². The zero-order valence-electron chi connectivity index (χ0n) is 38.6. The highest BCUT2D eigenvalue weighted by Crippen LogP contribution is 2.49. The Morgan fingerprint density at radius 2 is 1.52 bits per heavy atom. The summed E-state index contributed by atoms with van der Waals surface area (Å²) in [5.41, 5.74) is 0. The Labute approximate surface area is 389 Å². The molecule has 0 amide bonds. The van der Waals surface area contributed by atoms with E-state index in [0.717, 1.165) is 63.9 Å². The first kappa shape index (κ1) is 59.9. The highest BCUT2D eigenvalue weighted by molar-refractivity contribution is 7.47. The van der Waals surface area contributed by atoms with Gasteiger partial charge in [-0.05, 0) is 51.4 Å². The van der Waals surface area contributed by atoms with Crippen LogP contribution >= 0.6 is 15.6 Å². The lowest BCUT2D eigenvalue weighted by Crippen LogP contribution is -2.56. The molecule has 2 aliphatic rings. The molecule has 12 atom stereocenters. The van der Waals surface area contributed by atoms with Gasteiger partial charge in [0.25, 0.3) is 0 Å². The van der Waals surface area contributed by atoms with Crippen LogP contribution in [0, 0.1) is 11.8 Å². The van der Waals surface area contributed by atoms with Gasteiger partial charge in [-0.15, -0.1) is 0 Å². The number of allylic oxidation sites excluding steroid dienone is 4. The lowest BCUT2D eigenvalue weighted by atomic mass is 9.83. The van der Waals surface area contributed by atoms with Crippen LogP contribution < -0.4 is 0 Å². The van der Waals surface area contributed by atoms with Crippen LogP contribution in [0.1, 0.15) is 149 Å². The second kappa shape index (κ2) is 32.6. The summed E-state index contributed by atoms with van der Waals surface area (Å²) in [7, 11) is -11.5. The van der Waals surface area contributed by atoms with Gasteiger partial charge in [0.05, 0.1) is 31.0 Å². The molecule has 382 valence electrons. The van der Waals surface area contributed by atoms with Crippen LogP contribution in [0.3, 0.4) is 0 Å². The van der Waals surface area contributed by atoms with E-state index in [-0.39, 0.29) is 32.1 Å². The normalized spacial score (nSPS) is 31.4. The second-order valence-electron chi connectivity index (χ2n) is 17.2. The zero-order chi connectivity index (χ0) is 49.1. The molecule has 1 saturated carbocycles. The molecule has 66 heavy (non-hydrogen) atoms. The number of phosphoric acid groups is 2. The van der Waals surface area contributed by atoms with Gasteiger partial charge in [0.2, 0.25) is 0 Å². The van der Waals surface area contributed by atoms with E-state index in [1.54, 1.807) is 0 Å². The highest BCUT2D eigenvalue weighted by atomic mass is 31.2. The van der Waals surface area contributed by atoms with Crippen molar-refractivity contribution in [3.8, 4) is 0 Å². The smallest absolute Gasteiger partial charge is 0.462 e. The third-order valence-corrected chi connectivity index (χ3v) is 13.1. The van der Waals surface area contributed by atoms with Gasteiger partial charge in [0.1, 0.15) is 36.8 Å². The number of hydrogen-bond donors (Lipinski definition) is 9. The molecular formula is C45H78O19P2. The lowest BCUT2D eigenvalue weighted by Gasteiger charge is -2.38. The Balaban J connectivity index is 2.42. The number of ether oxygens (including phenoxy) is 2. The fraction of sp³-hybridized carbons (Fsp3) is 0.800. The number of carbonyl (C=O) groups is 3. The fourth-order valence-corrected chi connectivity index (χ4v) is 9.32. The van der Waals surface area contributed by atoms with Crippen molar-refractivity contribution in [3.63, 3.8) is 0 Å². The summed E-state index contributed by atoms with van der Waals surface area (Å²) in [4.78, 5) is 70.4. The molecule has 2 bridgehead atoms. The summed E-state index contributed by atoms with van der Waals surface area (Å²) < 4.78 is 52.1. The van der Waals surface area contributed by atoms with Crippen molar-refractivity contribution in [1.29, 1.82) is 0 Å². The zero-order valence-corrected chi connectivity index (χ0v) is 40.4. The van der Waals surface area contributed by atoms with Crippen molar-refractivity contribution in [2.24, 2.45) is 11.8 Å². The molecule has 1 unspecified atom stereocenters. The molecule has 21 heteroatoms. The lowest BCUT2D eigenvalue weighted by molar-refractivity contribution is -0.165. The van der Waals surface area contributed by atoms with Gasteiger partial charge < -0.3 is 54.8 Å². The van der Waals surface area contributed by atoms with Crippen LogP contribution in [0.5, 0.6) is 0 Å². The monoisotopic (exact) mass is 984 g/mol. The summed E-state index contributed by atoms with van der Waals surface area (Å²) in [6.45, 7) is 2.48. The number of cyclic esters (lactones) is 1. The van der Waals surface area contributed by atoms with Gasteiger partial charge in [-0.25, -0.2) is 9.13 Å². The summed E-state index contributed by atoms with van der Waals surface area (Å²) >= 11 is 0. The summed E-state index contributed by atoms with van der Waals surface area (Å²) in [6.07, 6.45) is 2.02. The Morgan fingerprint density at radius 1 is 0.833 bits per heavy atom. The predicted molar refractivity (Wildman–Crippen MR) is 242 cm³/mol. The first-order chi connectivity index (χ1) is 31.3. The maximum absolute atomic E-state index is 13.8. The molecule has 0 aromatic heterocycles. The molecule has 1 heterocycles. The van der Waals surface area contributed by atoms with Gasteiger partial charge in [-0.2, -0.15) is 0 Å². The molecule has 9 N–H and O–H groups in total. The fourth-order valence-electron chi connectivity index (χ4n) is 7.79. The van der Waals surface area contributed by atoms with Crippen LogP contribution in [0.25, 0.3) is 0 Å². The molecule has 2 rings (SSSR count). The summed E-state index contributed by atoms with van der Waals surface area (Å²) in [5.74, 6) is -5.51. The maximum Gasteiger partial charge on any atom is 0.472 e. The maximum atomic E-state index is 13.8. The van der Waals surface area contributed by atoms with E-state index in [1.165, 1.54) is 6.08 Å². The Morgan fingerprint density at radius 3 is 2.21 bits per heavy atom. The number of phosphoric ester groups is 2. The van der Waals surface area contributed by atoms with E-state index in [4.69, 9.17) is 23.0 Å². The van der Waals surface area contributed by atoms with E-state index in [1.807, 2.05) is 6.92 Å². The van der Waals surface area contributed by atoms with Crippen LogP contribution in [-0.2, 0) is 46.6 Å². The molecule has 1 aliphatic heterocycles. The quantitative estimate of drug-likeness (QED) is 0.0304. The topological polar surface area (TPSA) is 314 Å². The standard InChI is InChI=1S/C45H78O19P2/c1-3-5-7-8-9-10-11-12-13-14-15-16-22-26-39(50)62-33-30-60-38(49)25-21-18-17-20-24-34-36(47)29-37(48)35(28-27-32(46)23-19-6-4-2)41(52)44(63-65(55,56)57)45(43(54)42(53)40(34)51)64-66(58,59)61-31-33/h7-8,10-11,27-28,32-35,37,40-46,48,51-54H,3-6,9,12-26,29-31H2,1-2H3,(H,58,59)(H2,55,56,57)/b8-7-,11-10-,28-27+/t32-,33+,34-,35-,37+,40+,41+,42-,43+,44+,45-/m0/s1. The third kappa shape index (κ3) is 24.4. The summed E-state index contributed by atoms with van der Waals surface area (Å²) in [6, 6.07) is 0. The van der Waals surface area contributed by atoms with E-state index < -0.39 is 120 Å². The van der Waals surface area contributed by atoms with Gasteiger partial charge in [0.15, 0.2) is 6.10 Å². The molecular weight excluding hydrogens is 906 g/mol. The average Bonchev–Trinajstić information content (AvgIpc) is 3.25. The number of ketones is 1. The first-order valence-electron chi connectivity index (χ1n) is 23.6. The Kier molecular flexibility index (Phi) is 29.6. The Hall–Kier alpha value is -2.19. The van der Waals surface area contributed by atoms with Crippen molar-refractivity contribution in [3.05, 3.63) is 36.5 Å². The van der Waals surface area contributed by atoms with E-state index in [9.17, 15) is 68.8 Å². The number of fused-ring (bicyclic) bond motifs is 4. The number of carbonyl (C=O) groups excluding carboxylic acids is 3. The number of esters is 2. The first-order valence-corrected chi connectivity index (χ1v) is 26.7. The van der Waals surface area contributed by atoms with Crippen molar-refractivity contribution in [2.75, 3.05) is 13.2 Å². The molecule has 19 nitrogen and oxygen atoms in total. The van der Waals surface area contributed by atoms with Gasteiger partial charge in [0, 0.05) is 31.1 Å². The van der Waals surface area contributed by atoms with Crippen molar-refractivity contribution >= 4 is 33.4 Å². The summed E-state index contributed by atoms with van der Waals surface area (Å²) in [5, 5.41) is 68.2. The minimum atomic E-state index is -5.78. The van der Waals surface area contributed by atoms with E-state index in [0.29, 0.717) is 38.5 Å². The van der Waals surface area contributed by atoms with Crippen molar-refractivity contribution in [1.82, 2.24) is 0 Å². The van der Waals surface area contributed by atoms with Crippen LogP contribution in [-0.4, -0.2) is 131 Å². The van der Waals surface area contributed by atoms with Crippen molar-refractivity contribution < 1.29 is 91.9 Å². The number of unbranched alkanes of at least 4 members (excludes halogenated alkanes) is 8. The molecule has 0 aromatic carbocycles.